The number of aromatic nitrogens is 4. The Morgan fingerprint density at radius 2 is 1.93 bits per heavy atom. The molecule has 2 aromatic heterocycles. The minimum absolute atomic E-state index is 0.185. The summed E-state index contributed by atoms with van der Waals surface area (Å²) in [6, 6.07) is 17.8. The summed E-state index contributed by atoms with van der Waals surface area (Å²) >= 11 is 0. The highest BCUT2D eigenvalue weighted by Crippen LogP contribution is 2.30. The Kier molecular flexibility index (Phi) is 4.68. The number of aromatic amines is 1. The van der Waals surface area contributed by atoms with E-state index in [4.69, 9.17) is 4.98 Å². The van der Waals surface area contributed by atoms with Crippen LogP contribution < -0.4 is 5.32 Å². The maximum absolute atomic E-state index is 13.3. The highest BCUT2D eigenvalue weighted by atomic mass is 19.1. The molecule has 0 saturated carbocycles. The van der Waals surface area contributed by atoms with Crippen LogP contribution in [0.1, 0.15) is 29.4 Å². The van der Waals surface area contributed by atoms with E-state index in [1.54, 1.807) is 12.1 Å². The zero-order chi connectivity index (χ0) is 19.5. The molecule has 0 spiro atoms. The third-order valence-electron chi connectivity index (χ3n) is 4.45. The van der Waals surface area contributed by atoms with Gasteiger partial charge >= 0.3 is 0 Å². The van der Waals surface area contributed by atoms with Crippen molar-refractivity contribution in [2.45, 2.75) is 19.3 Å². The fourth-order valence-electron chi connectivity index (χ4n) is 3.09. The molecule has 28 heavy (non-hydrogen) atoms. The van der Waals surface area contributed by atoms with Crippen molar-refractivity contribution in [2.75, 3.05) is 5.32 Å². The van der Waals surface area contributed by atoms with Gasteiger partial charge in [-0.15, -0.1) is 0 Å². The molecule has 0 amide bonds. The van der Waals surface area contributed by atoms with E-state index >= 15 is 0 Å². The molecule has 138 valence electrons. The van der Waals surface area contributed by atoms with Gasteiger partial charge in [0.05, 0.1) is 17.5 Å². The SMILES string of the molecule is Cc1cc(Nc2nc(C(CC#N)c3ccc(F)cc3)nc3ccccc23)n[nH]1. The Hall–Kier alpha value is -3.79. The number of H-pyrrole nitrogens is 1. The first-order valence-corrected chi connectivity index (χ1v) is 8.82. The molecular formula is C21H17FN6. The van der Waals surface area contributed by atoms with Crippen molar-refractivity contribution in [2.24, 2.45) is 0 Å². The topological polar surface area (TPSA) is 90.3 Å². The Morgan fingerprint density at radius 1 is 1.14 bits per heavy atom. The number of benzene rings is 2. The van der Waals surface area contributed by atoms with Crippen LogP contribution >= 0.6 is 0 Å². The number of para-hydroxylation sites is 1. The smallest absolute Gasteiger partial charge is 0.153 e. The van der Waals surface area contributed by atoms with Crippen LogP contribution in [-0.2, 0) is 0 Å². The summed E-state index contributed by atoms with van der Waals surface area (Å²) in [4.78, 5) is 9.38. The number of aryl methyl sites for hydroxylation is 1. The number of fused-ring (bicyclic) bond motifs is 1. The van der Waals surface area contributed by atoms with Gasteiger partial charge in [-0.1, -0.05) is 24.3 Å². The molecule has 0 radical (unpaired) electrons. The predicted molar refractivity (Wildman–Crippen MR) is 105 cm³/mol. The van der Waals surface area contributed by atoms with Crippen molar-refractivity contribution in [3.05, 3.63) is 77.5 Å². The van der Waals surface area contributed by atoms with E-state index in [2.05, 4.69) is 26.6 Å². The molecule has 0 bridgehead atoms. The van der Waals surface area contributed by atoms with Crippen molar-refractivity contribution in [1.82, 2.24) is 20.2 Å². The van der Waals surface area contributed by atoms with Gasteiger partial charge < -0.3 is 5.32 Å². The van der Waals surface area contributed by atoms with Crippen LogP contribution in [0.5, 0.6) is 0 Å². The molecule has 0 aliphatic carbocycles. The highest BCUT2D eigenvalue weighted by molar-refractivity contribution is 5.90. The van der Waals surface area contributed by atoms with Gasteiger partial charge in [-0.05, 0) is 36.8 Å². The van der Waals surface area contributed by atoms with Gasteiger partial charge in [-0.25, -0.2) is 14.4 Å². The van der Waals surface area contributed by atoms with E-state index in [9.17, 15) is 9.65 Å². The molecule has 0 saturated heterocycles. The Bertz CT molecular complexity index is 1160. The third kappa shape index (κ3) is 3.53. The van der Waals surface area contributed by atoms with E-state index in [0.29, 0.717) is 17.5 Å². The molecule has 2 aromatic carbocycles. The van der Waals surface area contributed by atoms with Crippen LogP contribution in [0.25, 0.3) is 10.9 Å². The lowest BCUT2D eigenvalue weighted by Crippen LogP contribution is -2.09. The van der Waals surface area contributed by atoms with Crippen molar-refractivity contribution in [1.29, 1.82) is 5.26 Å². The number of nitriles is 1. The highest BCUT2D eigenvalue weighted by Gasteiger charge is 2.20. The number of anilines is 2. The van der Waals surface area contributed by atoms with Gasteiger partial charge in [0.25, 0.3) is 0 Å². The molecule has 0 aliphatic heterocycles. The Morgan fingerprint density at radius 3 is 2.64 bits per heavy atom. The van der Waals surface area contributed by atoms with Crippen molar-refractivity contribution in [3.8, 4) is 6.07 Å². The second-order valence-corrected chi connectivity index (χ2v) is 6.48. The summed E-state index contributed by atoms with van der Waals surface area (Å²) in [5.41, 5.74) is 2.47. The number of rotatable bonds is 5. The van der Waals surface area contributed by atoms with Crippen molar-refractivity contribution < 1.29 is 4.39 Å². The summed E-state index contributed by atoms with van der Waals surface area (Å²) in [5, 5.41) is 20.5. The van der Waals surface area contributed by atoms with Gasteiger partial charge in [0.1, 0.15) is 17.5 Å². The molecule has 4 rings (SSSR count). The van der Waals surface area contributed by atoms with Crippen molar-refractivity contribution >= 4 is 22.5 Å². The Balaban J connectivity index is 1.83. The molecule has 6 nitrogen and oxygen atoms in total. The predicted octanol–water partition coefficient (Wildman–Crippen LogP) is 4.59. The van der Waals surface area contributed by atoms with Gasteiger partial charge in [0, 0.05) is 23.6 Å². The van der Waals surface area contributed by atoms with E-state index in [1.165, 1.54) is 12.1 Å². The molecule has 2 N–H and O–H groups in total. The number of nitrogens with zero attached hydrogens (tertiary/aromatic N) is 4. The maximum atomic E-state index is 13.3. The zero-order valence-corrected chi connectivity index (χ0v) is 15.1. The van der Waals surface area contributed by atoms with E-state index in [1.807, 2.05) is 37.3 Å². The summed E-state index contributed by atoms with van der Waals surface area (Å²) in [6.45, 7) is 1.92. The molecule has 2 heterocycles. The number of hydrogen-bond acceptors (Lipinski definition) is 5. The van der Waals surface area contributed by atoms with Crippen LogP contribution in [0.15, 0.2) is 54.6 Å². The van der Waals surface area contributed by atoms with Crippen LogP contribution in [0.4, 0.5) is 16.0 Å². The van der Waals surface area contributed by atoms with Crippen LogP contribution in [0.3, 0.4) is 0 Å². The summed E-state index contributed by atoms with van der Waals surface area (Å²) < 4.78 is 13.3. The molecule has 0 fully saturated rings. The average molecular weight is 372 g/mol. The minimum atomic E-state index is -0.364. The van der Waals surface area contributed by atoms with E-state index < -0.39 is 0 Å². The van der Waals surface area contributed by atoms with Crippen molar-refractivity contribution in [3.63, 3.8) is 0 Å². The normalized spacial score (nSPS) is 11.9. The fourth-order valence-corrected chi connectivity index (χ4v) is 3.09. The number of nitrogens with one attached hydrogen (secondary N) is 2. The first kappa shape index (κ1) is 17.6. The Labute approximate surface area is 161 Å². The zero-order valence-electron chi connectivity index (χ0n) is 15.1. The standard InChI is InChI=1S/C21H17FN6/c1-13-12-19(28-27-13)25-21-17-4-2-3-5-18(17)24-20(26-21)16(10-11-23)14-6-8-15(22)9-7-14/h2-9,12,16H,10H2,1H3,(H2,24,25,26,27,28). The second-order valence-electron chi connectivity index (χ2n) is 6.48. The lowest BCUT2D eigenvalue weighted by atomic mass is 9.95. The van der Waals surface area contributed by atoms with Gasteiger partial charge in [0.2, 0.25) is 0 Å². The number of hydrogen-bond donors (Lipinski definition) is 2. The molecule has 4 aromatic rings. The summed E-state index contributed by atoms with van der Waals surface area (Å²) in [5.74, 6) is 1.07. The van der Waals surface area contributed by atoms with E-state index in [0.717, 1.165) is 22.2 Å². The quantitative estimate of drug-likeness (QED) is 0.535. The number of halogens is 1. The third-order valence-corrected chi connectivity index (χ3v) is 4.45. The van der Waals surface area contributed by atoms with Gasteiger partial charge in [0.15, 0.2) is 5.82 Å². The summed E-state index contributed by atoms with van der Waals surface area (Å²) in [7, 11) is 0. The minimum Gasteiger partial charge on any atom is -0.323 e. The molecule has 7 heteroatoms. The molecule has 1 atom stereocenters. The largest absolute Gasteiger partial charge is 0.323 e. The second kappa shape index (κ2) is 7.45. The first-order chi connectivity index (χ1) is 13.6. The molecule has 0 aliphatic rings. The monoisotopic (exact) mass is 372 g/mol. The average Bonchev–Trinajstić information content (AvgIpc) is 3.11. The summed E-state index contributed by atoms with van der Waals surface area (Å²) in [6.07, 6.45) is 0.185. The van der Waals surface area contributed by atoms with Gasteiger partial charge in [-0.3, -0.25) is 5.10 Å². The van der Waals surface area contributed by atoms with Crippen LogP contribution in [0.2, 0.25) is 0 Å². The first-order valence-electron chi connectivity index (χ1n) is 8.82. The molecule has 1 unspecified atom stereocenters. The van der Waals surface area contributed by atoms with Gasteiger partial charge in [-0.2, -0.15) is 10.4 Å². The maximum Gasteiger partial charge on any atom is 0.153 e. The lowest BCUT2D eigenvalue weighted by Gasteiger charge is -2.16. The van der Waals surface area contributed by atoms with Crippen LogP contribution in [-0.4, -0.2) is 20.2 Å². The fraction of sp³-hybridized carbons (Fsp3) is 0.143. The molecular weight excluding hydrogens is 355 g/mol. The van der Waals surface area contributed by atoms with Crippen LogP contribution in [0, 0.1) is 24.1 Å². The lowest BCUT2D eigenvalue weighted by molar-refractivity contribution is 0.625. The van der Waals surface area contributed by atoms with E-state index in [-0.39, 0.29) is 18.2 Å².